The van der Waals surface area contributed by atoms with Crippen molar-refractivity contribution in [2.45, 2.75) is 26.7 Å². The van der Waals surface area contributed by atoms with E-state index in [0.29, 0.717) is 11.8 Å². The van der Waals surface area contributed by atoms with Crippen molar-refractivity contribution in [3.05, 3.63) is 110 Å². The van der Waals surface area contributed by atoms with Crippen molar-refractivity contribution in [2.24, 2.45) is 5.41 Å². The monoisotopic (exact) mass is 687 g/mol. The van der Waals surface area contributed by atoms with E-state index in [9.17, 15) is 39.5 Å². The Kier molecular flexibility index (Phi) is 7.95. The molecule has 0 N–H and O–H groups in total. The molecular weight excluding hydrogens is 670 g/mol. The molecule has 0 radical (unpaired) electrons. The van der Waals surface area contributed by atoms with Crippen molar-refractivity contribution in [2.75, 3.05) is 14.1 Å². The number of benzene rings is 3. The van der Waals surface area contributed by atoms with Crippen LogP contribution in [-0.2, 0) is 0 Å². The van der Waals surface area contributed by atoms with E-state index in [0.717, 1.165) is 0 Å². The minimum absolute atomic E-state index is 0.0408. The van der Waals surface area contributed by atoms with Crippen molar-refractivity contribution in [1.82, 2.24) is 0 Å². The first-order valence-corrected chi connectivity index (χ1v) is 13.3. The zero-order chi connectivity index (χ0) is 35.4. The summed E-state index contributed by atoms with van der Waals surface area (Å²) in [5, 5.41) is 0. The molecule has 1 nitrogen and oxygen atoms in total. The Labute approximate surface area is 255 Å². The molecule has 0 saturated carbocycles. The third kappa shape index (κ3) is 4.40. The first-order chi connectivity index (χ1) is 21.7. The number of hydrogen-bond donors (Lipinski definition) is 0. The molecular formula is C30H17BF15N. The van der Waals surface area contributed by atoms with Crippen molar-refractivity contribution < 1.29 is 70.4 Å². The van der Waals surface area contributed by atoms with Gasteiger partial charge in [0.25, 0.3) is 0 Å². The molecule has 0 bridgehead atoms. The van der Waals surface area contributed by atoms with Crippen LogP contribution in [0.2, 0.25) is 0 Å². The standard InChI is InChI=1S/C30H17BF15N/c1-30(2)7-11(47(3)4)9-5-8(6-10(9)30)31(12-15(32)21(38)27(44)22(39)16(12)33,13-17(34)23(40)28(45)24(41)18(13)35)14-19(36)25(42)29(46)26(43)20(14)37/h6H,5,7H2,1-4H3. The summed E-state index contributed by atoms with van der Waals surface area (Å²) in [7, 11) is 2.94. The maximum Gasteiger partial charge on any atom is 0.200 e. The minimum atomic E-state index is -5.75. The predicted molar refractivity (Wildman–Crippen MR) is 139 cm³/mol. The molecule has 3 aromatic carbocycles. The molecule has 3 aromatic rings. The SMILES string of the molecule is C[N+](C)=C1CC(C)(C)C2=C1CC([B-](c1c(F)c(F)c(F)c(F)c1F)(c1c(F)c(F)c(F)c(F)c1F)c1c(F)c(F)c(F)c(F)c1F)=C2. The van der Waals surface area contributed by atoms with Gasteiger partial charge in [0.05, 0.1) is 0 Å². The molecule has 5 rings (SSSR count). The third-order valence-corrected chi connectivity index (χ3v) is 8.85. The highest BCUT2D eigenvalue weighted by atomic mass is 19.2. The molecule has 0 amide bonds. The highest BCUT2D eigenvalue weighted by Crippen LogP contribution is 2.49. The quantitative estimate of drug-likeness (QED) is 0.0963. The lowest BCUT2D eigenvalue weighted by molar-refractivity contribution is -0.465. The molecule has 0 saturated heterocycles. The summed E-state index contributed by atoms with van der Waals surface area (Å²) in [5.41, 5.74) is -9.72. The third-order valence-electron chi connectivity index (χ3n) is 8.85. The van der Waals surface area contributed by atoms with Crippen LogP contribution in [0.1, 0.15) is 26.7 Å². The molecule has 0 fully saturated rings. The molecule has 0 atom stereocenters. The highest BCUT2D eigenvalue weighted by Gasteiger charge is 2.53. The van der Waals surface area contributed by atoms with Gasteiger partial charge in [-0.1, -0.05) is 19.9 Å². The number of nitrogens with zero attached hydrogens (tertiary/aromatic N) is 1. The largest absolute Gasteiger partial charge is 0.239 e. The lowest BCUT2D eigenvalue weighted by Crippen LogP contribution is -2.74. The van der Waals surface area contributed by atoms with E-state index in [4.69, 9.17) is 0 Å². The summed E-state index contributed by atoms with van der Waals surface area (Å²) < 4.78 is 229. The van der Waals surface area contributed by atoms with Gasteiger partial charge in [-0.15, -0.1) is 16.4 Å². The van der Waals surface area contributed by atoms with Crippen LogP contribution in [0.4, 0.5) is 65.9 Å². The molecule has 2 aliphatic carbocycles. The van der Waals surface area contributed by atoms with Crippen molar-refractivity contribution in [3.8, 4) is 0 Å². The van der Waals surface area contributed by atoms with Crippen LogP contribution in [-0.4, -0.2) is 30.5 Å². The fourth-order valence-electron chi connectivity index (χ4n) is 6.81. The van der Waals surface area contributed by atoms with Gasteiger partial charge in [-0.3, -0.25) is 0 Å². The van der Waals surface area contributed by atoms with E-state index in [1.165, 1.54) is 32.5 Å². The van der Waals surface area contributed by atoms with Crippen LogP contribution >= 0.6 is 0 Å². The van der Waals surface area contributed by atoms with Gasteiger partial charge in [-0.25, -0.2) is 75.9 Å². The van der Waals surface area contributed by atoms with E-state index < -0.39 is 127 Å². The Morgan fingerprint density at radius 1 is 0.489 bits per heavy atom. The van der Waals surface area contributed by atoms with Gasteiger partial charge in [0.1, 0.15) is 55.1 Å². The van der Waals surface area contributed by atoms with Crippen LogP contribution in [0.5, 0.6) is 0 Å². The van der Waals surface area contributed by atoms with Gasteiger partial charge in [0, 0.05) is 12.0 Å². The lowest BCUT2D eigenvalue weighted by Gasteiger charge is -2.46. The van der Waals surface area contributed by atoms with Gasteiger partial charge >= 0.3 is 0 Å². The second-order valence-corrected chi connectivity index (χ2v) is 12.0. The molecule has 0 aliphatic heterocycles. The summed E-state index contributed by atoms with van der Waals surface area (Å²) in [4.78, 5) is 0. The number of rotatable bonds is 4. The first kappa shape index (κ1) is 34.2. The molecule has 17 heteroatoms. The van der Waals surface area contributed by atoms with Crippen LogP contribution in [0.15, 0.2) is 22.7 Å². The average Bonchev–Trinajstić information content (AvgIpc) is 3.57. The topological polar surface area (TPSA) is 3.01 Å². The van der Waals surface area contributed by atoms with E-state index in [1.54, 1.807) is 0 Å². The zero-order valence-electron chi connectivity index (χ0n) is 24.2. The van der Waals surface area contributed by atoms with Crippen LogP contribution in [0.3, 0.4) is 0 Å². The zero-order valence-corrected chi connectivity index (χ0v) is 24.2. The van der Waals surface area contributed by atoms with Crippen molar-refractivity contribution >= 4 is 28.2 Å². The summed E-state index contributed by atoms with van der Waals surface area (Å²) in [6.07, 6.45) is -5.90. The van der Waals surface area contributed by atoms with Crippen LogP contribution in [0, 0.1) is 92.7 Å². The summed E-state index contributed by atoms with van der Waals surface area (Å²) >= 11 is 0. The molecule has 0 heterocycles. The summed E-state index contributed by atoms with van der Waals surface area (Å²) in [5.74, 6) is -45.1. The minimum Gasteiger partial charge on any atom is -0.239 e. The van der Waals surface area contributed by atoms with Gasteiger partial charge in [0.15, 0.2) is 58.1 Å². The Bertz CT molecular complexity index is 1780. The van der Waals surface area contributed by atoms with Gasteiger partial charge in [0.2, 0.25) is 0 Å². The van der Waals surface area contributed by atoms with Crippen molar-refractivity contribution in [1.29, 1.82) is 0 Å². The molecule has 0 unspecified atom stereocenters. The number of allylic oxidation sites excluding steroid dienone is 4. The maximum atomic E-state index is 15.9. The molecule has 250 valence electrons. The lowest BCUT2D eigenvalue weighted by atomic mass is 9.11. The Morgan fingerprint density at radius 2 is 0.766 bits per heavy atom. The number of hydrogen-bond acceptors (Lipinski definition) is 0. The van der Waals surface area contributed by atoms with Gasteiger partial charge < -0.3 is 0 Å². The average molecular weight is 687 g/mol. The Balaban J connectivity index is 2.19. The fourth-order valence-corrected chi connectivity index (χ4v) is 6.81. The second kappa shape index (κ2) is 10.9. The van der Waals surface area contributed by atoms with Gasteiger partial charge in [-0.05, 0) is 17.4 Å². The molecule has 0 spiro atoms. The molecule has 2 aliphatic rings. The van der Waals surface area contributed by atoms with Crippen LogP contribution < -0.4 is 16.4 Å². The maximum absolute atomic E-state index is 15.9. The van der Waals surface area contributed by atoms with E-state index in [2.05, 4.69) is 0 Å². The first-order valence-electron chi connectivity index (χ1n) is 13.3. The number of halogens is 15. The Hall–Kier alpha value is -4.18. The van der Waals surface area contributed by atoms with Gasteiger partial charge in [-0.2, -0.15) is 0 Å². The molecule has 47 heavy (non-hydrogen) atoms. The normalized spacial score (nSPS) is 16.0. The van der Waals surface area contributed by atoms with E-state index in [-0.39, 0.29) is 17.6 Å². The fraction of sp³-hybridized carbons (Fsp3) is 0.233. The Morgan fingerprint density at radius 3 is 1.04 bits per heavy atom. The van der Waals surface area contributed by atoms with Crippen molar-refractivity contribution in [3.63, 3.8) is 0 Å². The highest BCUT2D eigenvalue weighted by molar-refractivity contribution is 7.16. The predicted octanol–water partition coefficient (Wildman–Crippen LogP) is 6.55. The van der Waals surface area contributed by atoms with Crippen LogP contribution in [0.25, 0.3) is 0 Å². The summed E-state index contributed by atoms with van der Waals surface area (Å²) in [6, 6.07) is 0. The summed E-state index contributed by atoms with van der Waals surface area (Å²) in [6.45, 7) is 3.03. The second-order valence-electron chi connectivity index (χ2n) is 12.0. The molecule has 0 aromatic heterocycles. The smallest absolute Gasteiger partial charge is 0.200 e. The van der Waals surface area contributed by atoms with E-state index in [1.807, 2.05) is 0 Å². The van der Waals surface area contributed by atoms with E-state index >= 15 is 26.3 Å².